The molecule has 0 radical (unpaired) electrons. The van der Waals surface area contributed by atoms with Crippen LogP contribution in [-0.4, -0.2) is 36.5 Å². The Labute approximate surface area is 147 Å². The molecule has 2 aromatic rings. The van der Waals surface area contributed by atoms with Crippen molar-refractivity contribution < 1.29 is 19.4 Å². The number of carboxylic acids is 1. The average Bonchev–Trinajstić information content (AvgIpc) is 2.55. The molecule has 24 heavy (non-hydrogen) atoms. The maximum absolute atomic E-state index is 10.8. The smallest absolute Gasteiger partial charge is 0.337 e. The number of pyridine rings is 1. The van der Waals surface area contributed by atoms with Gasteiger partial charge < -0.3 is 14.6 Å². The highest BCUT2D eigenvalue weighted by Gasteiger charge is 2.16. The quantitative estimate of drug-likeness (QED) is 0.597. The molecule has 7 nitrogen and oxygen atoms in total. The van der Waals surface area contributed by atoms with Crippen LogP contribution in [0.5, 0.6) is 11.5 Å². The first-order valence-corrected chi connectivity index (χ1v) is 7.32. The number of nitrogens with zero attached hydrogens (tertiary/aromatic N) is 2. The molecule has 0 saturated heterocycles. The minimum absolute atomic E-state index is 0.0833. The SMILES string of the molecule is COc1c(Cl)cc(/C=N/Nc2ccc(C(=O)O)cn2)c(OC)c1Cl. The molecule has 0 bridgehead atoms. The Balaban J connectivity index is 2.21. The van der Waals surface area contributed by atoms with E-state index < -0.39 is 5.97 Å². The molecule has 0 atom stereocenters. The largest absolute Gasteiger partial charge is 0.494 e. The summed E-state index contributed by atoms with van der Waals surface area (Å²) in [5.74, 6) is -0.00500. The van der Waals surface area contributed by atoms with Crippen LogP contribution in [0.25, 0.3) is 0 Å². The summed E-state index contributed by atoms with van der Waals surface area (Å²) < 4.78 is 10.4. The van der Waals surface area contributed by atoms with Crippen molar-refractivity contribution in [3.8, 4) is 11.5 Å². The van der Waals surface area contributed by atoms with Crippen LogP contribution in [0, 0.1) is 0 Å². The monoisotopic (exact) mass is 369 g/mol. The van der Waals surface area contributed by atoms with Crippen molar-refractivity contribution in [3.05, 3.63) is 45.6 Å². The van der Waals surface area contributed by atoms with Gasteiger partial charge >= 0.3 is 5.97 Å². The minimum Gasteiger partial charge on any atom is -0.494 e. The number of anilines is 1. The lowest BCUT2D eigenvalue weighted by Crippen LogP contribution is -2.00. The summed E-state index contributed by atoms with van der Waals surface area (Å²) in [5.41, 5.74) is 3.28. The van der Waals surface area contributed by atoms with Gasteiger partial charge in [0.15, 0.2) is 5.75 Å². The zero-order chi connectivity index (χ0) is 17.7. The highest BCUT2D eigenvalue weighted by atomic mass is 35.5. The van der Waals surface area contributed by atoms with Crippen molar-refractivity contribution in [2.75, 3.05) is 19.6 Å². The molecular formula is C15H13Cl2N3O4. The molecule has 2 rings (SSSR count). The van der Waals surface area contributed by atoms with Gasteiger partial charge in [-0.2, -0.15) is 5.10 Å². The number of aromatic nitrogens is 1. The number of halogens is 2. The summed E-state index contributed by atoms with van der Waals surface area (Å²) in [6, 6.07) is 4.50. The van der Waals surface area contributed by atoms with E-state index in [0.29, 0.717) is 27.9 Å². The molecule has 1 heterocycles. The van der Waals surface area contributed by atoms with Crippen LogP contribution in [0.1, 0.15) is 15.9 Å². The van der Waals surface area contributed by atoms with Gasteiger partial charge in [0.05, 0.1) is 31.0 Å². The average molecular weight is 370 g/mol. The number of carbonyl (C=O) groups is 1. The fourth-order valence-corrected chi connectivity index (χ4v) is 2.55. The van der Waals surface area contributed by atoms with Gasteiger partial charge in [-0.15, -0.1) is 0 Å². The van der Waals surface area contributed by atoms with Crippen LogP contribution in [0.15, 0.2) is 29.5 Å². The van der Waals surface area contributed by atoms with Crippen molar-refractivity contribution in [2.24, 2.45) is 5.10 Å². The topological polar surface area (TPSA) is 93.0 Å². The number of nitrogens with one attached hydrogen (secondary N) is 1. The van der Waals surface area contributed by atoms with E-state index >= 15 is 0 Å². The summed E-state index contributed by atoms with van der Waals surface area (Å²) >= 11 is 12.3. The number of rotatable bonds is 6. The summed E-state index contributed by atoms with van der Waals surface area (Å²) in [5, 5.41) is 13.4. The maximum Gasteiger partial charge on any atom is 0.337 e. The number of methoxy groups -OCH3 is 2. The van der Waals surface area contributed by atoms with Crippen LogP contribution in [0.3, 0.4) is 0 Å². The number of aromatic carboxylic acids is 1. The van der Waals surface area contributed by atoms with Crippen LogP contribution >= 0.6 is 23.2 Å². The zero-order valence-corrected chi connectivity index (χ0v) is 14.2. The molecule has 126 valence electrons. The summed E-state index contributed by atoms with van der Waals surface area (Å²) in [7, 11) is 2.92. The second-order valence-corrected chi connectivity index (χ2v) is 5.22. The standard InChI is InChI=1S/C15H13Cl2N3O4/c1-23-13-9(5-10(16)14(24-2)12(13)17)7-19-20-11-4-3-8(6-18-11)15(21)22/h3-7H,1-2H3,(H,18,20)(H,21,22)/b19-7+. The number of hydrogen-bond acceptors (Lipinski definition) is 6. The summed E-state index contributed by atoms with van der Waals surface area (Å²) in [4.78, 5) is 14.7. The van der Waals surface area contributed by atoms with E-state index in [4.69, 9.17) is 37.8 Å². The molecule has 2 N–H and O–H groups in total. The summed E-state index contributed by atoms with van der Waals surface area (Å²) in [6.07, 6.45) is 2.67. The third kappa shape index (κ3) is 3.87. The first kappa shape index (κ1) is 17.8. The molecule has 0 spiro atoms. The highest BCUT2D eigenvalue weighted by Crippen LogP contribution is 2.41. The third-order valence-electron chi connectivity index (χ3n) is 2.96. The number of ether oxygens (including phenoxy) is 2. The highest BCUT2D eigenvalue weighted by molar-refractivity contribution is 6.38. The maximum atomic E-state index is 10.8. The van der Waals surface area contributed by atoms with Gasteiger partial charge in [-0.05, 0) is 18.2 Å². The Morgan fingerprint density at radius 3 is 2.54 bits per heavy atom. The molecular weight excluding hydrogens is 357 g/mol. The number of carboxylic acid groups (broad SMARTS) is 1. The van der Waals surface area contributed by atoms with Gasteiger partial charge in [0.2, 0.25) is 0 Å². The molecule has 0 fully saturated rings. The third-order valence-corrected chi connectivity index (χ3v) is 3.59. The van der Waals surface area contributed by atoms with Crippen LogP contribution in [-0.2, 0) is 0 Å². The molecule has 0 aliphatic carbocycles. The van der Waals surface area contributed by atoms with Crippen molar-refractivity contribution in [1.29, 1.82) is 0 Å². The van der Waals surface area contributed by atoms with E-state index in [2.05, 4.69) is 15.5 Å². The van der Waals surface area contributed by atoms with Gasteiger partial charge in [0.25, 0.3) is 0 Å². The van der Waals surface area contributed by atoms with E-state index in [1.807, 2.05) is 0 Å². The van der Waals surface area contributed by atoms with E-state index in [1.165, 1.54) is 38.8 Å². The Kier molecular flexibility index (Phi) is 5.83. The van der Waals surface area contributed by atoms with E-state index in [-0.39, 0.29) is 10.6 Å². The summed E-state index contributed by atoms with van der Waals surface area (Å²) in [6.45, 7) is 0. The van der Waals surface area contributed by atoms with Crippen molar-refractivity contribution >= 4 is 41.2 Å². The molecule has 0 unspecified atom stereocenters. The molecule has 1 aromatic heterocycles. The second-order valence-electron chi connectivity index (χ2n) is 4.44. The van der Waals surface area contributed by atoms with Gasteiger partial charge in [-0.1, -0.05) is 23.2 Å². The van der Waals surface area contributed by atoms with Crippen LogP contribution < -0.4 is 14.9 Å². The number of hydrazone groups is 1. The van der Waals surface area contributed by atoms with Crippen molar-refractivity contribution in [2.45, 2.75) is 0 Å². The van der Waals surface area contributed by atoms with Crippen molar-refractivity contribution in [1.82, 2.24) is 4.98 Å². The van der Waals surface area contributed by atoms with E-state index in [9.17, 15) is 4.79 Å². The lowest BCUT2D eigenvalue weighted by atomic mass is 10.2. The minimum atomic E-state index is -1.05. The molecule has 0 saturated carbocycles. The second kappa shape index (κ2) is 7.85. The van der Waals surface area contributed by atoms with E-state index in [0.717, 1.165) is 0 Å². The molecule has 0 aliphatic heterocycles. The number of benzene rings is 1. The molecule has 0 amide bonds. The van der Waals surface area contributed by atoms with Crippen molar-refractivity contribution in [3.63, 3.8) is 0 Å². The Hall–Kier alpha value is -2.51. The number of hydrogen-bond donors (Lipinski definition) is 2. The predicted molar refractivity (Wildman–Crippen MR) is 92.0 cm³/mol. The fourth-order valence-electron chi connectivity index (χ4n) is 1.85. The first-order chi connectivity index (χ1) is 11.5. The molecule has 9 heteroatoms. The van der Waals surface area contributed by atoms with Crippen LogP contribution in [0.4, 0.5) is 5.82 Å². The Morgan fingerprint density at radius 1 is 1.29 bits per heavy atom. The van der Waals surface area contributed by atoms with Gasteiger partial charge in [-0.25, -0.2) is 9.78 Å². The molecule has 1 aromatic carbocycles. The normalized spacial score (nSPS) is 10.7. The van der Waals surface area contributed by atoms with Gasteiger partial charge in [0, 0.05) is 11.8 Å². The predicted octanol–water partition coefficient (Wildman–Crippen LogP) is 3.55. The Morgan fingerprint density at radius 2 is 2.00 bits per heavy atom. The van der Waals surface area contributed by atoms with Gasteiger partial charge in [-0.3, -0.25) is 5.43 Å². The molecule has 0 aliphatic rings. The zero-order valence-electron chi connectivity index (χ0n) is 12.7. The first-order valence-electron chi connectivity index (χ1n) is 6.56. The van der Waals surface area contributed by atoms with Gasteiger partial charge in [0.1, 0.15) is 16.6 Å². The van der Waals surface area contributed by atoms with E-state index in [1.54, 1.807) is 6.07 Å². The lowest BCUT2D eigenvalue weighted by Gasteiger charge is -2.12. The Bertz CT molecular complexity index is 779. The van der Waals surface area contributed by atoms with Crippen LogP contribution in [0.2, 0.25) is 10.0 Å². The lowest BCUT2D eigenvalue weighted by molar-refractivity contribution is 0.0696. The fraction of sp³-hybridized carbons (Fsp3) is 0.133.